The predicted molar refractivity (Wildman–Crippen MR) is 355 cm³/mol. The van der Waals surface area contributed by atoms with Crippen LogP contribution in [0.5, 0.6) is 0 Å². The van der Waals surface area contributed by atoms with Gasteiger partial charge in [0.05, 0.1) is 23.1 Å². The van der Waals surface area contributed by atoms with Crippen molar-refractivity contribution in [1.82, 2.24) is 9.97 Å². The van der Waals surface area contributed by atoms with Crippen LogP contribution in [0.2, 0.25) is 0 Å². The fourth-order valence-corrected chi connectivity index (χ4v) is 12.0. The summed E-state index contributed by atoms with van der Waals surface area (Å²) in [5.41, 5.74) is 24.2. The largest absolute Gasteiger partial charge is 0.681 e. The maximum atomic E-state index is 5.63. The number of hydrogen-bond acceptors (Lipinski definition) is 4. The Labute approximate surface area is 520 Å². The Morgan fingerprint density at radius 2 is 0.892 bits per heavy atom. The summed E-state index contributed by atoms with van der Waals surface area (Å²) in [4.78, 5) is 10.7. The van der Waals surface area contributed by atoms with Gasteiger partial charge in [-0.15, -0.1) is 17.4 Å². The summed E-state index contributed by atoms with van der Waals surface area (Å²) in [6.07, 6.45) is 4.43. The van der Waals surface area contributed by atoms with Crippen LogP contribution in [0.4, 0.5) is 22.7 Å². The number of anilines is 2. The molecule has 2 aliphatic heterocycles. The molecule has 6 aromatic carbocycles. The average Bonchev–Trinajstić information content (AvgIpc) is 3.50. The summed E-state index contributed by atoms with van der Waals surface area (Å²) in [6.45, 7) is 31.8. The van der Waals surface area contributed by atoms with Gasteiger partial charge in [-0.25, -0.2) is 0 Å². The molecule has 6 nitrogen and oxygen atoms in total. The van der Waals surface area contributed by atoms with E-state index in [1.165, 1.54) is 72.6 Å². The standard InChI is InChI=1S/C37H45N3.C37H43N3.2CH3.Hf/c2*1-23(2)28-14-8-9-15-31(28)37(40-36-29(24(3)4)16-11-17-30(36)25(5)6)34-20-12-19-33(39-34)32-18-10-13-27-22-21-26(7)38-35(27)32;;;/h8-20,23-26,37-38,40H,21-22H2,1-7H3;8-20,23-26,37H,21-22H2,1-7H3;2*1H3;/q;-2;2*-1;. The van der Waals surface area contributed by atoms with Crippen molar-refractivity contribution in [1.29, 1.82) is 0 Å². The minimum Gasteiger partial charge on any atom is -0.681 e. The van der Waals surface area contributed by atoms with Gasteiger partial charge in [-0.1, -0.05) is 252 Å². The Morgan fingerprint density at radius 3 is 1.47 bits per heavy atom. The minimum absolute atomic E-state index is 0. The molecule has 2 aromatic heterocycles. The van der Waals surface area contributed by atoms with Crippen molar-refractivity contribution in [2.24, 2.45) is 0 Å². The minimum atomic E-state index is -0.216. The molecule has 0 radical (unpaired) electrons. The van der Waals surface area contributed by atoms with Crippen molar-refractivity contribution in [2.45, 2.75) is 182 Å². The molecule has 0 saturated heterocycles. The number of rotatable bonds is 16. The smallest absolute Gasteiger partial charge is 0.0943 e. The van der Waals surface area contributed by atoms with Crippen LogP contribution in [-0.2, 0) is 38.7 Å². The first-order chi connectivity index (χ1) is 38.5. The van der Waals surface area contributed by atoms with Gasteiger partial charge in [0.15, 0.2) is 0 Å². The first-order valence-electron chi connectivity index (χ1n) is 30.0. The van der Waals surface area contributed by atoms with E-state index >= 15 is 0 Å². The van der Waals surface area contributed by atoms with Crippen LogP contribution in [0, 0.1) is 14.9 Å². The molecule has 4 unspecified atom stereocenters. The van der Waals surface area contributed by atoms with Crippen molar-refractivity contribution < 1.29 is 25.8 Å². The molecule has 2 aliphatic rings. The van der Waals surface area contributed by atoms with E-state index in [0.29, 0.717) is 47.6 Å². The quantitative estimate of drug-likeness (QED) is 0.0746. The second kappa shape index (κ2) is 29.5. The second-order valence-electron chi connectivity index (χ2n) is 24.5. The number of hydrogen-bond donors (Lipinski definition) is 2. The monoisotopic (exact) mass is 1270 g/mol. The Kier molecular flexibility index (Phi) is 23.4. The topological polar surface area (TPSA) is 78.0 Å². The van der Waals surface area contributed by atoms with Crippen LogP contribution in [0.3, 0.4) is 0 Å². The third-order valence-electron chi connectivity index (χ3n) is 16.5. The van der Waals surface area contributed by atoms with Crippen molar-refractivity contribution in [2.75, 3.05) is 10.6 Å². The van der Waals surface area contributed by atoms with Gasteiger partial charge in [0, 0.05) is 54.5 Å². The van der Waals surface area contributed by atoms with Gasteiger partial charge in [0.25, 0.3) is 0 Å². The molecule has 0 amide bonds. The first kappa shape index (κ1) is 65.8. The summed E-state index contributed by atoms with van der Waals surface area (Å²) >= 11 is 0. The zero-order valence-corrected chi connectivity index (χ0v) is 56.5. The predicted octanol–water partition coefficient (Wildman–Crippen LogP) is 22.2. The van der Waals surface area contributed by atoms with Gasteiger partial charge in [0.2, 0.25) is 0 Å². The molecule has 0 saturated carbocycles. The number of nitrogens with one attached hydrogen (secondary N) is 2. The fourth-order valence-electron chi connectivity index (χ4n) is 12.0. The zero-order chi connectivity index (χ0) is 56.8. The number of aromatic nitrogens is 2. The molecule has 0 fully saturated rings. The Hall–Kier alpha value is -6.31. The van der Waals surface area contributed by atoms with Gasteiger partial charge >= 0.3 is 0 Å². The summed E-state index contributed by atoms with van der Waals surface area (Å²) in [7, 11) is 0. The third-order valence-corrected chi connectivity index (χ3v) is 16.5. The molecule has 7 heteroatoms. The van der Waals surface area contributed by atoms with Crippen LogP contribution in [0.15, 0.2) is 158 Å². The average molecular weight is 1270 g/mol. The van der Waals surface area contributed by atoms with E-state index in [9.17, 15) is 0 Å². The van der Waals surface area contributed by atoms with E-state index in [-0.39, 0.29) is 52.8 Å². The number of fused-ring (bicyclic) bond motifs is 2. The SMILES string of the molecule is CC1CCc2cccc(-c3cccc(C(Nc4c(C(C)C)cccc4C(C)C)c4ccccc4C(C)C)n3)c2N1.CC1CCc2cccc(-c3cccc(C([N-]c4c(C(C)C)cccc4C(C)C)c4ccccc4C(C)C)n3)c2[N-]1.[CH3-].[CH3-].[Hf]. The molecule has 2 N–H and O–H groups in total. The van der Waals surface area contributed by atoms with E-state index < -0.39 is 0 Å². The second-order valence-corrected chi connectivity index (χ2v) is 24.5. The number of pyridine rings is 2. The molecule has 8 aromatic rings. The number of aryl methyl sites for hydroxylation is 2. The number of benzene rings is 6. The molecule has 0 bridgehead atoms. The number of para-hydroxylation sites is 4. The molecular formula is C76H94HfN6-4. The molecule has 4 heterocycles. The Morgan fingerprint density at radius 1 is 0.458 bits per heavy atom. The molecule has 4 atom stereocenters. The van der Waals surface area contributed by atoms with Crippen LogP contribution in [-0.4, -0.2) is 22.1 Å². The Bertz CT molecular complexity index is 3110. The van der Waals surface area contributed by atoms with E-state index in [2.05, 4.69) is 265 Å². The van der Waals surface area contributed by atoms with Crippen molar-refractivity contribution in [3.8, 4) is 22.5 Å². The summed E-state index contributed by atoms with van der Waals surface area (Å²) < 4.78 is 0. The summed E-state index contributed by atoms with van der Waals surface area (Å²) in [5.74, 6) is 2.34. The summed E-state index contributed by atoms with van der Waals surface area (Å²) in [5, 5.41) is 18.5. The van der Waals surface area contributed by atoms with Crippen LogP contribution < -0.4 is 10.6 Å². The van der Waals surface area contributed by atoms with Crippen molar-refractivity contribution >= 4 is 22.7 Å². The maximum absolute atomic E-state index is 5.63. The van der Waals surface area contributed by atoms with E-state index in [1.807, 2.05) is 0 Å². The Balaban J connectivity index is 0.000000257. The van der Waals surface area contributed by atoms with E-state index in [0.717, 1.165) is 65.4 Å². The van der Waals surface area contributed by atoms with Crippen LogP contribution >= 0.6 is 0 Å². The van der Waals surface area contributed by atoms with Crippen molar-refractivity contribution in [3.63, 3.8) is 0 Å². The molecular weight excluding hydrogens is 1180 g/mol. The van der Waals surface area contributed by atoms with E-state index in [1.54, 1.807) is 0 Å². The zero-order valence-electron chi connectivity index (χ0n) is 52.9. The van der Waals surface area contributed by atoms with Crippen LogP contribution in [0.1, 0.15) is 224 Å². The third kappa shape index (κ3) is 15.0. The van der Waals surface area contributed by atoms with Gasteiger partial charge in [0.1, 0.15) is 0 Å². The molecule has 0 aliphatic carbocycles. The molecule has 436 valence electrons. The van der Waals surface area contributed by atoms with E-state index in [4.69, 9.17) is 20.6 Å². The molecule has 0 spiro atoms. The first-order valence-corrected chi connectivity index (χ1v) is 30.0. The van der Waals surface area contributed by atoms with Gasteiger partial charge in [-0.05, 0) is 131 Å². The van der Waals surface area contributed by atoms with Gasteiger partial charge in [-0.2, -0.15) is 0 Å². The molecule has 10 rings (SSSR count). The molecule has 83 heavy (non-hydrogen) atoms. The van der Waals surface area contributed by atoms with Gasteiger partial charge < -0.3 is 36.1 Å². The van der Waals surface area contributed by atoms with Gasteiger partial charge in [-0.3, -0.25) is 9.97 Å². The summed E-state index contributed by atoms with van der Waals surface area (Å²) in [6, 6.07) is 57.7. The normalized spacial score (nSPS) is 15.1. The van der Waals surface area contributed by atoms with Crippen molar-refractivity contribution in [3.05, 3.63) is 250 Å². The maximum Gasteiger partial charge on any atom is 0.0943 e. The van der Waals surface area contributed by atoms with Crippen LogP contribution in [0.25, 0.3) is 33.1 Å². The fraction of sp³-hybridized carbons (Fsp3) is 0.368. The number of nitrogens with zero attached hydrogens (tertiary/aromatic N) is 4.